The molecule has 2 aromatic rings. The summed E-state index contributed by atoms with van der Waals surface area (Å²) in [5, 5.41) is 0. The molecule has 0 N–H and O–H groups in total. The summed E-state index contributed by atoms with van der Waals surface area (Å²) in [6.45, 7) is 0. The maximum Gasteiger partial charge on any atom is 0.0254 e. The lowest BCUT2D eigenvalue weighted by molar-refractivity contribution is 1.59. The molecular weight excluding hydrogens is 248 g/mol. The van der Waals surface area contributed by atoms with E-state index < -0.39 is 0 Å². The minimum absolute atomic E-state index is 1.02. The Bertz CT molecular complexity index is 486. The second-order valence-corrected chi connectivity index (χ2v) is 3.56. The maximum atomic E-state index is 3.09. The molecule has 0 unspecified atom stereocenters. The van der Waals surface area contributed by atoms with Crippen LogP contribution < -0.4 is 0 Å². The topological polar surface area (TPSA) is 0 Å². The monoisotopic (exact) mass is 256 g/mol. The average molecular weight is 257 g/mol. The van der Waals surface area contributed by atoms with Crippen molar-refractivity contribution in [3.63, 3.8) is 0 Å². The quantitative estimate of drug-likeness (QED) is 0.676. The minimum Gasteiger partial charge on any atom is -0.0622 e. The molecule has 0 amide bonds. The Morgan fingerprint density at radius 1 is 0.733 bits per heavy atom. The van der Waals surface area contributed by atoms with Crippen molar-refractivity contribution in [2.24, 2.45) is 0 Å². The largest absolute Gasteiger partial charge is 0.0622 e. The molecule has 0 saturated carbocycles. The lowest BCUT2D eigenvalue weighted by atomic mass is 10.0. The van der Waals surface area contributed by atoms with Crippen molar-refractivity contribution in [3.05, 3.63) is 60.2 Å². The van der Waals surface area contributed by atoms with Crippen molar-refractivity contribution in [2.45, 2.75) is 0 Å². The zero-order valence-corrected chi connectivity index (χ0v) is 9.66. The van der Waals surface area contributed by atoms with Crippen LogP contribution in [0.4, 0.5) is 0 Å². The zero-order chi connectivity index (χ0) is 10.5. The van der Waals surface area contributed by atoms with Gasteiger partial charge in [0.1, 0.15) is 0 Å². The molecule has 0 fully saturated rings. The Morgan fingerprint density at radius 2 is 1.33 bits per heavy atom. The Morgan fingerprint density at radius 3 is 1.93 bits per heavy atom. The molecule has 0 saturated heterocycles. The normalized spacial score (nSPS) is 9.13. The molecule has 0 bridgehead atoms. The van der Waals surface area contributed by atoms with Gasteiger partial charge in [-0.15, -0.1) is 0 Å². The summed E-state index contributed by atoms with van der Waals surface area (Å²) in [7, 11) is 0. The van der Waals surface area contributed by atoms with Crippen LogP contribution in [0.1, 0.15) is 5.56 Å². The highest BCUT2D eigenvalue weighted by Gasteiger charge is 1.95. The molecule has 0 aliphatic carbocycles. The summed E-state index contributed by atoms with van der Waals surface area (Å²) in [5.41, 5.74) is 3.47. The lowest BCUT2D eigenvalue weighted by Crippen LogP contribution is -1.78. The summed E-state index contributed by atoms with van der Waals surface area (Å²) >= 11 is 3.09. The van der Waals surface area contributed by atoms with Crippen LogP contribution in [0.3, 0.4) is 0 Å². The Balaban J connectivity index is 2.35. The minimum atomic E-state index is 1.02. The molecule has 0 aliphatic rings. The number of rotatable bonds is 1. The van der Waals surface area contributed by atoms with E-state index in [1.54, 1.807) is 0 Å². The summed E-state index contributed by atoms with van der Waals surface area (Å²) in [4.78, 5) is 2.71. The Hall–Kier alpha value is -1.52. The number of halogens is 1. The third kappa shape index (κ3) is 2.49. The third-order valence-corrected chi connectivity index (χ3v) is 2.38. The molecular formula is C14H9Br. The average Bonchev–Trinajstić information content (AvgIpc) is 2.32. The standard InChI is InChI=1S/C14H9Br/c15-11-10-12-6-8-14(9-7-12)13-4-2-1-3-5-13/h1-9H. The fraction of sp³-hybridized carbons (Fsp3) is 0. The Labute approximate surface area is 98.1 Å². The van der Waals surface area contributed by atoms with Crippen molar-refractivity contribution in [2.75, 3.05) is 0 Å². The van der Waals surface area contributed by atoms with Gasteiger partial charge in [-0.2, -0.15) is 0 Å². The highest BCUT2D eigenvalue weighted by atomic mass is 79.9. The van der Waals surface area contributed by atoms with Gasteiger partial charge in [-0.3, -0.25) is 0 Å². The van der Waals surface area contributed by atoms with Gasteiger partial charge in [0, 0.05) is 21.5 Å². The van der Waals surface area contributed by atoms with E-state index in [1.165, 1.54) is 11.1 Å². The highest BCUT2D eigenvalue weighted by Crippen LogP contribution is 2.18. The summed E-state index contributed by atoms with van der Waals surface area (Å²) in [5.74, 6) is 2.95. The van der Waals surface area contributed by atoms with Crippen LogP contribution in [0.15, 0.2) is 54.6 Å². The first-order chi connectivity index (χ1) is 7.40. The van der Waals surface area contributed by atoms with Gasteiger partial charge in [-0.1, -0.05) is 48.4 Å². The maximum absolute atomic E-state index is 3.09. The van der Waals surface area contributed by atoms with E-state index >= 15 is 0 Å². The SMILES string of the molecule is BrC#Cc1ccc(-c2ccccc2)cc1. The molecule has 0 radical (unpaired) electrons. The number of hydrogen-bond acceptors (Lipinski definition) is 0. The van der Waals surface area contributed by atoms with Gasteiger partial charge in [-0.05, 0) is 28.1 Å². The fourth-order valence-electron chi connectivity index (χ4n) is 1.43. The second-order valence-electron chi connectivity index (χ2n) is 3.16. The van der Waals surface area contributed by atoms with Crippen molar-refractivity contribution >= 4 is 15.9 Å². The van der Waals surface area contributed by atoms with Crippen molar-refractivity contribution in [3.8, 4) is 21.9 Å². The van der Waals surface area contributed by atoms with Crippen molar-refractivity contribution in [1.82, 2.24) is 0 Å². The molecule has 1 heteroatoms. The van der Waals surface area contributed by atoms with E-state index in [-0.39, 0.29) is 0 Å². The fourth-order valence-corrected chi connectivity index (χ4v) is 1.66. The summed E-state index contributed by atoms with van der Waals surface area (Å²) in [6, 6.07) is 18.5. The van der Waals surface area contributed by atoms with Gasteiger partial charge >= 0.3 is 0 Å². The van der Waals surface area contributed by atoms with Crippen LogP contribution in [0, 0.1) is 10.8 Å². The predicted octanol–water partition coefficient (Wildman–Crippen LogP) is 4.06. The van der Waals surface area contributed by atoms with Crippen molar-refractivity contribution < 1.29 is 0 Å². The summed E-state index contributed by atoms with van der Waals surface area (Å²) in [6.07, 6.45) is 0. The summed E-state index contributed by atoms with van der Waals surface area (Å²) < 4.78 is 0. The molecule has 0 nitrogen and oxygen atoms in total. The first-order valence-electron chi connectivity index (χ1n) is 4.67. The number of benzene rings is 2. The molecule has 72 valence electrons. The van der Waals surface area contributed by atoms with E-state index in [9.17, 15) is 0 Å². The van der Waals surface area contributed by atoms with Crippen LogP contribution in [-0.4, -0.2) is 0 Å². The van der Waals surface area contributed by atoms with Gasteiger partial charge in [0.15, 0.2) is 0 Å². The number of hydrogen-bond donors (Lipinski definition) is 0. The first-order valence-corrected chi connectivity index (χ1v) is 5.46. The highest BCUT2D eigenvalue weighted by molar-refractivity contribution is 9.12. The van der Waals surface area contributed by atoms with Gasteiger partial charge in [-0.25, -0.2) is 0 Å². The first kappa shape index (κ1) is 10.0. The zero-order valence-electron chi connectivity index (χ0n) is 8.07. The lowest BCUT2D eigenvalue weighted by Gasteiger charge is -2.00. The molecule has 0 aromatic heterocycles. The van der Waals surface area contributed by atoms with Crippen LogP contribution in [0.2, 0.25) is 0 Å². The van der Waals surface area contributed by atoms with Gasteiger partial charge in [0.05, 0.1) is 0 Å². The van der Waals surface area contributed by atoms with Gasteiger partial charge in [0.25, 0.3) is 0 Å². The van der Waals surface area contributed by atoms with E-state index in [2.05, 4.69) is 50.9 Å². The van der Waals surface area contributed by atoms with Gasteiger partial charge < -0.3 is 0 Å². The third-order valence-electron chi connectivity index (χ3n) is 2.18. The Kier molecular flexibility index (Phi) is 3.22. The van der Waals surface area contributed by atoms with Crippen LogP contribution >= 0.6 is 15.9 Å². The van der Waals surface area contributed by atoms with Crippen molar-refractivity contribution in [1.29, 1.82) is 0 Å². The predicted molar refractivity (Wildman–Crippen MR) is 67.7 cm³/mol. The molecule has 0 heterocycles. The van der Waals surface area contributed by atoms with E-state index in [4.69, 9.17) is 0 Å². The van der Waals surface area contributed by atoms with E-state index in [0.29, 0.717) is 0 Å². The van der Waals surface area contributed by atoms with Crippen LogP contribution in [0.25, 0.3) is 11.1 Å². The van der Waals surface area contributed by atoms with E-state index in [0.717, 1.165) is 5.56 Å². The molecule has 0 aliphatic heterocycles. The van der Waals surface area contributed by atoms with Crippen LogP contribution in [0.5, 0.6) is 0 Å². The van der Waals surface area contributed by atoms with Gasteiger partial charge in [0.2, 0.25) is 0 Å². The smallest absolute Gasteiger partial charge is 0.0254 e. The molecule has 0 spiro atoms. The second kappa shape index (κ2) is 4.82. The van der Waals surface area contributed by atoms with E-state index in [1.807, 2.05) is 30.3 Å². The molecule has 15 heavy (non-hydrogen) atoms. The van der Waals surface area contributed by atoms with Crippen LogP contribution in [-0.2, 0) is 0 Å². The molecule has 0 atom stereocenters. The molecule has 2 aromatic carbocycles. The molecule has 2 rings (SSSR count).